The number of rotatable bonds is 0. The molecule has 58 valence electrons. The largest absolute Gasteiger partial charge is 0.306 e. The van der Waals surface area contributed by atoms with E-state index in [1.807, 2.05) is 6.07 Å². The zero-order chi connectivity index (χ0) is 7.97. The Morgan fingerprint density at radius 2 is 2.42 bits per heavy atom. The van der Waals surface area contributed by atoms with E-state index in [4.69, 9.17) is 0 Å². The first-order valence-corrected chi connectivity index (χ1v) is 4.29. The third-order valence-electron chi connectivity index (χ3n) is 2.66. The van der Waals surface area contributed by atoms with Crippen molar-refractivity contribution in [3.05, 3.63) is 47.5 Å². The second-order valence-electron chi connectivity index (χ2n) is 3.35. The Morgan fingerprint density at radius 3 is 3.17 bits per heavy atom. The fourth-order valence-corrected chi connectivity index (χ4v) is 2.04. The maximum atomic E-state index is 3.45. The van der Waals surface area contributed by atoms with Gasteiger partial charge in [0.15, 0.2) is 0 Å². The maximum Gasteiger partial charge on any atom is 0.0516 e. The number of fused-ring (bicyclic) bond motifs is 1. The lowest BCUT2D eigenvalue weighted by atomic mass is 9.82. The molecule has 0 fully saturated rings. The van der Waals surface area contributed by atoms with E-state index >= 15 is 0 Å². The maximum absolute atomic E-state index is 3.45. The molecule has 2 bridgehead atoms. The van der Waals surface area contributed by atoms with Gasteiger partial charge in [0.25, 0.3) is 0 Å². The predicted molar refractivity (Wildman–Crippen MR) is 46.7 cm³/mol. The lowest BCUT2D eigenvalue weighted by Gasteiger charge is -2.32. The van der Waals surface area contributed by atoms with Crippen molar-refractivity contribution in [1.82, 2.24) is 5.32 Å². The standard InChI is InChI=1S/C11H9N/c1-2-4-10-9(3-1)8-5-6-11(10)12-7-8/h2,4-6,8,11-12H,7H2. The summed E-state index contributed by atoms with van der Waals surface area (Å²) >= 11 is 0. The molecule has 0 saturated heterocycles. The van der Waals surface area contributed by atoms with Crippen LogP contribution < -0.4 is 5.32 Å². The van der Waals surface area contributed by atoms with Crippen LogP contribution in [-0.4, -0.2) is 6.54 Å². The molecular formula is C11H9N. The molecule has 2 unspecified atom stereocenters. The molecule has 0 saturated carbocycles. The summed E-state index contributed by atoms with van der Waals surface area (Å²) in [6.45, 7) is 1.06. The van der Waals surface area contributed by atoms with Gasteiger partial charge in [0.2, 0.25) is 0 Å². The van der Waals surface area contributed by atoms with Gasteiger partial charge in [0, 0.05) is 18.0 Å². The van der Waals surface area contributed by atoms with Crippen molar-refractivity contribution >= 4 is 0 Å². The second kappa shape index (κ2) is 2.12. The van der Waals surface area contributed by atoms with Gasteiger partial charge in [-0.1, -0.05) is 24.3 Å². The molecule has 1 nitrogen and oxygen atoms in total. The van der Waals surface area contributed by atoms with E-state index in [9.17, 15) is 0 Å². The van der Waals surface area contributed by atoms with Gasteiger partial charge in [-0.25, -0.2) is 0 Å². The van der Waals surface area contributed by atoms with Crippen molar-refractivity contribution in [1.29, 1.82) is 0 Å². The fraction of sp³-hybridized carbons (Fsp3) is 0.273. The predicted octanol–water partition coefficient (Wildman–Crippen LogP) is 1.58. The van der Waals surface area contributed by atoms with E-state index in [-0.39, 0.29) is 0 Å². The summed E-state index contributed by atoms with van der Waals surface area (Å²) in [4.78, 5) is 0. The Kier molecular flexibility index (Phi) is 1.11. The molecule has 2 aliphatic heterocycles. The highest BCUT2D eigenvalue weighted by Crippen LogP contribution is 2.34. The van der Waals surface area contributed by atoms with Gasteiger partial charge in [-0.15, -0.1) is 0 Å². The van der Waals surface area contributed by atoms with Gasteiger partial charge in [-0.05, 0) is 17.7 Å². The molecule has 12 heavy (non-hydrogen) atoms. The highest BCUT2D eigenvalue weighted by atomic mass is 14.9. The van der Waals surface area contributed by atoms with Gasteiger partial charge in [0.1, 0.15) is 0 Å². The Bertz CT molecular complexity index is 308. The molecule has 0 spiro atoms. The van der Waals surface area contributed by atoms with E-state index in [0.29, 0.717) is 12.0 Å². The van der Waals surface area contributed by atoms with Crippen LogP contribution in [-0.2, 0) is 0 Å². The van der Waals surface area contributed by atoms with Gasteiger partial charge < -0.3 is 5.32 Å². The summed E-state index contributed by atoms with van der Waals surface area (Å²) in [5, 5.41) is 3.45. The summed E-state index contributed by atoms with van der Waals surface area (Å²) < 4.78 is 0. The van der Waals surface area contributed by atoms with Crippen LogP contribution in [0.2, 0.25) is 0 Å². The number of hydrogen-bond acceptors (Lipinski definition) is 1. The van der Waals surface area contributed by atoms with Gasteiger partial charge >= 0.3 is 0 Å². The first-order chi connectivity index (χ1) is 5.95. The minimum Gasteiger partial charge on any atom is -0.306 e. The summed E-state index contributed by atoms with van der Waals surface area (Å²) in [6, 6.07) is 10.7. The molecule has 4 rings (SSSR count). The molecular weight excluding hydrogens is 146 g/mol. The monoisotopic (exact) mass is 155 g/mol. The van der Waals surface area contributed by atoms with Gasteiger partial charge in [0.05, 0.1) is 6.04 Å². The third kappa shape index (κ3) is 0.680. The molecule has 1 N–H and O–H groups in total. The minimum atomic E-state index is 0.427. The van der Waals surface area contributed by atoms with Crippen LogP contribution in [0.1, 0.15) is 23.1 Å². The van der Waals surface area contributed by atoms with E-state index < -0.39 is 0 Å². The molecule has 1 aromatic carbocycles. The lowest BCUT2D eigenvalue weighted by molar-refractivity contribution is 0.520. The van der Waals surface area contributed by atoms with Crippen LogP contribution in [0, 0.1) is 12.1 Å². The first kappa shape index (κ1) is 6.28. The molecule has 1 aliphatic carbocycles. The molecule has 0 radical (unpaired) electrons. The van der Waals surface area contributed by atoms with Crippen LogP contribution in [0.5, 0.6) is 0 Å². The zero-order valence-corrected chi connectivity index (χ0v) is 6.67. The van der Waals surface area contributed by atoms with E-state index in [2.05, 4.69) is 35.7 Å². The van der Waals surface area contributed by atoms with Gasteiger partial charge in [-0.3, -0.25) is 0 Å². The summed E-state index contributed by atoms with van der Waals surface area (Å²) in [5.74, 6) is 0.530. The highest BCUT2D eigenvalue weighted by molar-refractivity contribution is 5.41. The Morgan fingerprint density at radius 1 is 1.42 bits per heavy atom. The van der Waals surface area contributed by atoms with Crippen molar-refractivity contribution in [2.24, 2.45) is 0 Å². The van der Waals surface area contributed by atoms with E-state index in [1.54, 1.807) is 0 Å². The second-order valence-corrected chi connectivity index (χ2v) is 3.35. The van der Waals surface area contributed by atoms with E-state index in [0.717, 1.165) is 6.54 Å². The fourth-order valence-electron chi connectivity index (χ4n) is 2.04. The molecule has 3 aliphatic rings. The normalized spacial score (nSPS) is 29.7. The van der Waals surface area contributed by atoms with Crippen LogP contribution in [0.3, 0.4) is 0 Å². The Balaban J connectivity index is 2.24. The summed E-state index contributed by atoms with van der Waals surface area (Å²) in [5.41, 5.74) is 2.72. The summed E-state index contributed by atoms with van der Waals surface area (Å²) in [6.07, 6.45) is 4.51. The van der Waals surface area contributed by atoms with Crippen molar-refractivity contribution in [3.63, 3.8) is 0 Å². The van der Waals surface area contributed by atoms with Crippen molar-refractivity contribution in [2.45, 2.75) is 12.0 Å². The molecule has 1 aromatic rings. The SMILES string of the molecule is c1ccc2c(c#1)C1C=CC2NC1. The highest BCUT2D eigenvalue weighted by Gasteiger charge is 2.27. The number of hydrogen-bond donors (Lipinski definition) is 1. The number of nitrogens with one attached hydrogen (secondary N) is 1. The van der Waals surface area contributed by atoms with Crippen LogP contribution in [0.15, 0.2) is 24.3 Å². The first-order valence-electron chi connectivity index (χ1n) is 4.29. The molecule has 1 heteroatoms. The Hall–Kier alpha value is -1.26. The topological polar surface area (TPSA) is 12.0 Å². The van der Waals surface area contributed by atoms with Crippen molar-refractivity contribution in [2.75, 3.05) is 6.54 Å². The van der Waals surface area contributed by atoms with Crippen molar-refractivity contribution < 1.29 is 0 Å². The van der Waals surface area contributed by atoms with Crippen LogP contribution in [0.25, 0.3) is 0 Å². The Labute approximate surface area is 72.1 Å². The third-order valence-corrected chi connectivity index (χ3v) is 2.66. The van der Waals surface area contributed by atoms with Crippen LogP contribution in [0.4, 0.5) is 0 Å². The zero-order valence-electron chi connectivity index (χ0n) is 6.67. The molecule has 0 aromatic heterocycles. The smallest absolute Gasteiger partial charge is 0.0516 e. The molecule has 0 amide bonds. The quantitative estimate of drug-likeness (QED) is 0.561. The average molecular weight is 155 g/mol. The molecule has 2 atom stereocenters. The summed E-state index contributed by atoms with van der Waals surface area (Å²) in [7, 11) is 0. The van der Waals surface area contributed by atoms with Gasteiger partial charge in [-0.2, -0.15) is 0 Å². The van der Waals surface area contributed by atoms with E-state index in [1.165, 1.54) is 11.1 Å². The average Bonchev–Trinajstić information content (AvgIpc) is 2.20. The van der Waals surface area contributed by atoms with Crippen LogP contribution >= 0.6 is 0 Å². The molecule has 2 heterocycles. The van der Waals surface area contributed by atoms with Crippen molar-refractivity contribution in [3.8, 4) is 0 Å². The lowest BCUT2D eigenvalue weighted by Crippen LogP contribution is -2.34. The minimum absolute atomic E-state index is 0.427.